The van der Waals surface area contributed by atoms with Crippen LogP contribution in [-0.4, -0.2) is 23.7 Å². The van der Waals surface area contributed by atoms with Gasteiger partial charge in [-0.1, -0.05) is 31.2 Å². The van der Waals surface area contributed by atoms with Crippen molar-refractivity contribution in [2.45, 2.75) is 26.7 Å². The first kappa shape index (κ1) is 20.3. The van der Waals surface area contributed by atoms with Gasteiger partial charge in [0.25, 0.3) is 5.91 Å². The Balaban J connectivity index is 1.46. The summed E-state index contributed by atoms with van der Waals surface area (Å²) in [7, 11) is 0. The summed E-state index contributed by atoms with van der Waals surface area (Å²) < 4.78 is 5.78. The van der Waals surface area contributed by atoms with Crippen molar-refractivity contribution in [3.63, 3.8) is 0 Å². The zero-order valence-electron chi connectivity index (χ0n) is 16.8. The molecule has 1 heterocycles. The molecule has 0 fully saturated rings. The summed E-state index contributed by atoms with van der Waals surface area (Å²) in [4.78, 5) is 16.6. The van der Waals surface area contributed by atoms with Crippen molar-refractivity contribution in [2.75, 3.05) is 6.61 Å². The van der Waals surface area contributed by atoms with Gasteiger partial charge >= 0.3 is 0 Å². The van der Waals surface area contributed by atoms with Crippen molar-refractivity contribution in [1.82, 2.24) is 10.4 Å². The van der Waals surface area contributed by atoms with Gasteiger partial charge in [0.2, 0.25) is 0 Å². The van der Waals surface area contributed by atoms with Gasteiger partial charge in [0.1, 0.15) is 5.75 Å². The van der Waals surface area contributed by atoms with Gasteiger partial charge in [-0.05, 0) is 66.4 Å². The van der Waals surface area contributed by atoms with Crippen LogP contribution in [0.4, 0.5) is 0 Å². The average Bonchev–Trinajstić information content (AvgIpc) is 2.75. The lowest BCUT2D eigenvalue weighted by molar-refractivity contribution is 0.0954. The minimum atomic E-state index is -0.222. The highest BCUT2D eigenvalue weighted by Gasteiger charge is 2.06. The van der Waals surface area contributed by atoms with E-state index in [0.29, 0.717) is 12.2 Å². The standard InChI is InChI=1S/C24H25N3O2/c1-3-19-8-11-21(25-16-19)14-15-29-22-12-9-20(10-13-22)17-26-27-24(28)23-7-5-4-6-18(23)2/h4-13,16-17H,3,14-15H2,1-2H3,(H,27,28)/b26-17+. The maximum absolute atomic E-state index is 12.1. The van der Waals surface area contributed by atoms with E-state index < -0.39 is 0 Å². The Morgan fingerprint density at radius 3 is 2.59 bits per heavy atom. The Bertz CT molecular complexity index is 964. The lowest BCUT2D eigenvalue weighted by Gasteiger charge is -2.06. The zero-order chi connectivity index (χ0) is 20.5. The summed E-state index contributed by atoms with van der Waals surface area (Å²) in [5.74, 6) is 0.566. The molecule has 0 aliphatic heterocycles. The van der Waals surface area contributed by atoms with Crippen molar-refractivity contribution < 1.29 is 9.53 Å². The number of hydrogen-bond donors (Lipinski definition) is 1. The topological polar surface area (TPSA) is 63.6 Å². The van der Waals surface area contributed by atoms with Crippen LogP contribution in [0.25, 0.3) is 0 Å². The molecule has 1 aromatic heterocycles. The minimum Gasteiger partial charge on any atom is -0.493 e. The molecular weight excluding hydrogens is 362 g/mol. The smallest absolute Gasteiger partial charge is 0.271 e. The first-order chi connectivity index (χ1) is 14.2. The first-order valence-corrected chi connectivity index (χ1v) is 9.71. The summed E-state index contributed by atoms with van der Waals surface area (Å²) in [5.41, 5.74) is 7.22. The number of amides is 1. The maximum Gasteiger partial charge on any atom is 0.271 e. The second-order valence-electron chi connectivity index (χ2n) is 6.69. The number of pyridine rings is 1. The van der Waals surface area contributed by atoms with Crippen LogP contribution in [-0.2, 0) is 12.8 Å². The number of rotatable bonds is 8. The third-order valence-electron chi connectivity index (χ3n) is 4.57. The molecule has 0 bridgehead atoms. The number of carbonyl (C=O) groups excluding carboxylic acids is 1. The Morgan fingerprint density at radius 2 is 1.90 bits per heavy atom. The molecule has 0 aliphatic rings. The van der Waals surface area contributed by atoms with Crippen molar-refractivity contribution in [1.29, 1.82) is 0 Å². The molecule has 3 rings (SSSR count). The number of ether oxygens (including phenoxy) is 1. The molecule has 5 nitrogen and oxygen atoms in total. The predicted molar refractivity (Wildman–Crippen MR) is 115 cm³/mol. The normalized spacial score (nSPS) is 10.8. The number of nitrogens with zero attached hydrogens (tertiary/aromatic N) is 2. The van der Waals surface area contributed by atoms with E-state index in [-0.39, 0.29) is 5.91 Å². The summed E-state index contributed by atoms with van der Waals surface area (Å²) in [6.07, 6.45) is 5.29. The predicted octanol–water partition coefficient (Wildman–Crippen LogP) is 4.34. The Hall–Kier alpha value is -3.47. The van der Waals surface area contributed by atoms with Crippen LogP contribution in [0.3, 0.4) is 0 Å². The molecule has 0 saturated heterocycles. The largest absolute Gasteiger partial charge is 0.493 e. The van der Waals surface area contributed by atoms with Gasteiger partial charge in [0.05, 0.1) is 12.8 Å². The van der Waals surface area contributed by atoms with Gasteiger partial charge in [-0.25, -0.2) is 5.43 Å². The van der Waals surface area contributed by atoms with Crippen molar-refractivity contribution in [2.24, 2.45) is 5.10 Å². The fourth-order valence-electron chi connectivity index (χ4n) is 2.79. The third kappa shape index (κ3) is 6.01. The SMILES string of the molecule is CCc1ccc(CCOc2ccc(/C=N/NC(=O)c3ccccc3C)cc2)nc1. The fourth-order valence-corrected chi connectivity index (χ4v) is 2.79. The van der Waals surface area contributed by atoms with Gasteiger partial charge in [0.15, 0.2) is 0 Å². The molecular formula is C24H25N3O2. The van der Waals surface area contributed by atoms with E-state index in [0.717, 1.165) is 35.4 Å². The number of hydrazone groups is 1. The lowest BCUT2D eigenvalue weighted by atomic mass is 10.1. The minimum absolute atomic E-state index is 0.222. The molecule has 148 valence electrons. The van der Waals surface area contributed by atoms with E-state index in [9.17, 15) is 4.79 Å². The van der Waals surface area contributed by atoms with Crippen LogP contribution >= 0.6 is 0 Å². The summed E-state index contributed by atoms with van der Waals surface area (Å²) in [6, 6.07) is 19.1. The maximum atomic E-state index is 12.1. The molecule has 1 N–H and O–H groups in total. The molecule has 3 aromatic rings. The molecule has 1 amide bonds. The molecule has 5 heteroatoms. The van der Waals surface area contributed by atoms with Gasteiger partial charge in [-0.15, -0.1) is 0 Å². The van der Waals surface area contributed by atoms with Crippen molar-refractivity contribution >= 4 is 12.1 Å². The molecule has 0 unspecified atom stereocenters. The highest BCUT2D eigenvalue weighted by atomic mass is 16.5. The molecule has 2 aromatic carbocycles. The van der Waals surface area contributed by atoms with Crippen molar-refractivity contribution in [3.05, 3.63) is 94.8 Å². The highest BCUT2D eigenvalue weighted by Crippen LogP contribution is 2.12. The van der Waals surface area contributed by atoms with Crippen LogP contribution in [0.1, 0.15) is 39.7 Å². The van der Waals surface area contributed by atoms with Crippen molar-refractivity contribution in [3.8, 4) is 5.75 Å². The molecule has 0 saturated carbocycles. The lowest BCUT2D eigenvalue weighted by Crippen LogP contribution is -2.18. The van der Waals surface area contributed by atoms with Gasteiger partial charge in [-0.2, -0.15) is 5.10 Å². The van der Waals surface area contributed by atoms with Crippen LogP contribution in [0.5, 0.6) is 5.75 Å². The van der Waals surface area contributed by atoms with E-state index in [1.54, 1.807) is 12.3 Å². The Kier molecular flexibility index (Phi) is 7.11. The summed E-state index contributed by atoms with van der Waals surface area (Å²) in [6.45, 7) is 4.58. The van der Waals surface area contributed by atoms with Gasteiger partial charge < -0.3 is 4.74 Å². The molecule has 29 heavy (non-hydrogen) atoms. The van der Waals surface area contributed by atoms with Gasteiger partial charge in [-0.3, -0.25) is 9.78 Å². The molecule has 0 radical (unpaired) electrons. The Labute approximate surface area is 171 Å². The molecule has 0 spiro atoms. The van der Waals surface area contributed by atoms with Crippen LogP contribution in [0, 0.1) is 6.92 Å². The number of benzene rings is 2. The third-order valence-corrected chi connectivity index (χ3v) is 4.57. The number of aryl methyl sites for hydroxylation is 2. The Morgan fingerprint density at radius 1 is 1.10 bits per heavy atom. The van der Waals surface area contributed by atoms with Gasteiger partial charge in [0, 0.05) is 23.9 Å². The first-order valence-electron chi connectivity index (χ1n) is 9.71. The molecule has 0 atom stereocenters. The number of carbonyl (C=O) groups is 1. The van der Waals surface area contributed by atoms with E-state index in [4.69, 9.17) is 4.74 Å². The van der Waals surface area contributed by atoms with E-state index >= 15 is 0 Å². The average molecular weight is 387 g/mol. The van der Waals surface area contributed by atoms with E-state index in [1.165, 1.54) is 5.56 Å². The number of hydrogen-bond acceptors (Lipinski definition) is 4. The summed E-state index contributed by atoms with van der Waals surface area (Å²) >= 11 is 0. The second-order valence-corrected chi connectivity index (χ2v) is 6.69. The van der Waals surface area contributed by atoms with E-state index in [2.05, 4.69) is 28.5 Å². The quantitative estimate of drug-likeness (QED) is 0.462. The monoisotopic (exact) mass is 387 g/mol. The van der Waals surface area contributed by atoms with Crippen LogP contribution in [0.2, 0.25) is 0 Å². The zero-order valence-corrected chi connectivity index (χ0v) is 16.8. The second kappa shape index (κ2) is 10.2. The number of nitrogens with one attached hydrogen (secondary N) is 1. The highest BCUT2D eigenvalue weighted by molar-refractivity contribution is 5.96. The van der Waals surface area contributed by atoms with Crippen LogP contribution in [0.15, 0.2) is 72.0 Å². The number of aromatic nitrogens is 1. The molecule has 0 aliphatic carbocycles. The fraction of sp³-hybridized carbons (Fsp3) is 0.208. The summed E-state index contributed by atoms with van der Waals surface area (Å²) in [5, 5.41) is 4.03. The van der Waals surface area contributed by atoms with Crippen LogP contribution < -0.4 is 10.2 Å². The van der Waals surface area contributed by atoms with E-state index in [1.807, 2.05) is 61.7 Å².